The highest BCUT2D eigenvalue weighted by atomic mass is 127. The monoisotopic (exact) mass is 449 g/mol. The molecule has 0 saturated carbocycles. The number of carbonyl (C=O) groups excluding carboxylic acids is 1. The van der Waals surface area contributed by atoms with Crippen molar-refractivity contribution in [1.82, 2.24) is 0 Å². The molecular formula is C20H20INO3. The van der Waals surface area contributed by atoms with Gasteiger partial charge in [-0.2, -0.15) is 0 Å². The average molecular weight is 449 g/mol. The molecule has 0 radical (unpaired) electrons. The third-order valence-corrected chi connectivity index (χ3v) is 6.54. The summed E-state index contributed by atoms with van der Waals surface area (Å²) in [5.74, 6) is 0.876. The number of halogens is 1. The summed E-state index contributed by atoms with van der Waals surface area (Å²) >= 11 is 2.45. The predicted molar refractivity (Wildman–Crippen MR) is 105 cm³/mol. The second-order valence-corrected chi connectivity index (χ2v) is 7.98. The lowest BCUT2D eigenvalue weighted by Crippen LogP contribution is -2.71. The zero-order valence-corrected chi connectivity index (χ0v) is 16.3. The number of fused-ring (bicyclic) bond motifs is 1. The third kappa shape index (κ3) is 2.73. The van der Waals surface area contributed by atoms with Gasteiger partial charge in [-0.05, 0) is 36.8 Å². The van der Waals surface area contributed by atoms with Crippen molar-refractivity contribution in [1.29, 1.82) is 0 Å². The minimum atomic E-state index is -0.0804. The molecule has 2 fully saturated rings. The Morgan fingerprint density at radius 2 is 1.76 bits per heavy atom. The van der Waals surface area contributed by atoms with Crippen LogP contribution in [0.15, 0.2) is 54.6 Å². The number of nitrogens with zero attached hydrogens (tertiary/aromatic N) is 1. The Hall–Kier alpha value is -1.60. The Labute approximate surface area is 161 Å². The van der Waals surface area contributed by atoms with Gasteiger partial charge < -0.3 is 14.4 Å². The van der Waals surface area contributed by atoms with Crippen LogP contribution in [0.5, 0.6) is 5.75 Å². The summed E-state index contributed by atoms with van der Waals surface area (Å²) in [6.45, 7) is 2.01. The van der Waals surface area contributed by atoms with E-state index in [1.807, 2.05) is 54.3 Å². The topological polar surface area (TPSA) is 38.8 Å². The van der Waals surface area contributed by atoms with Crippen LogP contribution >= 0.6 is 22.6 Å². The fourth-order valence-electron chi connectivity index (χ4n) is 3.87. The molecule has 0 spiro atoms. The molecule has 130 valence electrons. The van der Waals surface area contributed by atoms with Gasteiger partial charge in [0.25, 0.3) is 0 Å². The standard InChI is InChI=1S/C20H20INO3/c1-12-16-18(17(21)19(25-12)13-6-4-3-5-7-13)22(20(16)23)14-8-10-15(24-2)11-9-14/h3-12,16-19H,1-2H3/t12-,16-,17-,18-,19+/m1/s1. The highest BCUT2D eigenvalue weighted by molar-refractivity contribution is 14.1. The van der Waals surface area contributed by atoms with E-state index >= 15 is 0 Å². The van der Waals surface area contributed by atoms with Crippen LogP contribution in [0.1, 0.15) is 18.6 Å². The second-order valence-electron chi connectivity index (χ2n) is 6.54. The highest BCUT2D eigenvalue weighted by Gasteiger charge is 2.59. The maximum Gasteiger partial charge on any atom is 0.235 e. The molecule has 2 aliphatic rings. The van der Waals surface area contributed by atoms with E-state index in [-0.39, 0.29) is 34.0 Å². The molecular weight excluding hydrogens is 429 g/mol. The van der Waals surface area contributed by atoms with Crippen molar-refractivity contribution in [3.05, 3.63) is 60.2 Å². The van der Waals surface area contributed by atoms with E-state index in [0.717, 1.165) is 11.4 Å². The maximum absolute atomic E-state index is 12.8. The molecule has 0 aliphatic carbocycles. The van der Waals surface area contributed by atoms with Gasteiger partial charge >= 0.3 is 0 Å². The summed E-state index contributed by atoms with van der Waals surface area (Å²) in [4.78, 5) is 14.7. The van der Waals surface area contributed by atoms with Crippen LogP contribution in [-0.2, 0) is 9.53 Å². The highest BCUT2D eigenvalue weighted by Crippen LogP contribution is 2.49. The quantitative estimate of drug-likeness (QED) is 0.404. The molecule has 0 unspecified atom stereocenters. The van der Waals surface area contributed by atoms with Gasteiger partial charge in [-0.25, -0.2) is 0 Å². The van der Waals surface area contributed by atoms with Crippen molar-refractivity contribution < 1.29 is 14.3 Å². The molecule has 4 rings (SSSR count). The normalized spacial score (nSPS) is 31.2. The fraction of sp³-hybridized carbons (Fsp3) is 0.350. The first kappa shape index (κ1) is 16.8. The number of hydrogen-bond acceptors (Lipinski definition) is 3. The molecule has 2 aromatic rings. The maximum atomic E-state index is 12.8. The molecule has 2 heterocycles. The van der Waals surface area contributed by atoms with Crippen molar-refractivity contribution in [2.24, 2.45) is 5.92 Å². The third-order valence-electron chi connectivity index (χ3n) is 5.15. The van der Waals surface area contributed by atoms with E-state index < -0.39 is 0 Å². The number of hydrogen-bond donors (Lipinski definition) is 0. The second kappa shape index (κ2) is 6.61. The van der Waals surface area contributed by atoms with Crippen LogP contribution in [-0.4, -0.2) is 29.1 Å². The molecule has 1 amide bonds. The minimum absolute atomic E-state index is 0.00750. The Balaban J connectivity index is 1.64. The van der Waals surface area contributed by atoms with Gasteiger partial charge in [0.2, 0.25) is 5.91 Å². The van der Waals surface area contributed by atoms with Gasteiger partial charge in [0.1, 0.15) is 5.75 Å². The van der Waals surface area contributed by atoms with Gasteiger partial charge in [-0.3, -0.25) is 4.79 Å². The van der Waals surface area contributed by atoms with E-state index in [0.29, 0.717) is 0 Å². The summed E-state index contributed by atoms with van der Waals surface area (Å²) in [5.41, 5.74) is 2.09. The van der Waals surface area contributed by atoms with E-state index in [4.69, 9.17) is 9.47 Å². The molecule has 0 bridgehead atoms. The van der Waals surface area contributed by atoms with Crippen molar-refractivity contribution in [3.63, 3.8) is 0 Å². The number of β-lactam (4-membered cyclic amide) rings is 1. The first-order valence-electron chi connectivity index (χ1n) is 8.43. The van der Waals surface area contributed by atoms with Gasteiger partial charge in [-0.15, -0.1) is 0 Å². The SMILES string of the molecule is COc1ccc(N2C(=O)[C@H]3[C@@H]2[C@@H](I)[C@H](c2ccccc2)O[C@@H]3C)cc1. The average Bonchev–Trinajstić information content (AvgIpc) is 2.64. The van der Waals surface area contributed by atoms with Crippen LogP contribution in [0, 0.1) is 5.92 Å². The molecule has 4 nitrogen and oxygen atoms in total. The van der Waals surface area contributed by atoms with Crippen molar-refractivity contribution in [2.45, 2.75) is 29.1 Å². The zero-order chi connectivity index (χ0) is 17.6. The summed E-state index contributed by atoms with van der Waals surface area (Å²) < 4.78 is 11.7. The molecule has 25 heavy (non-hydrogen) atoms. The first-order chi connectivity index (χ1) is 12.1. The largest absolute Gasteiger partial charge is 0.497 e. The van der Waals surface area contributed by atoms with E-state index in [2.05, 4.69) is 34.7 Å². The smallest absolute Gasteiger partial charge is 0.235 e. The van der Waals surface area contributed by atoms with E-state index in [9.17, 15) is 4.79 Å². The molecule has 2 aromatic carbocycles. The van der Waals surface area contributed by atoms with Crippen LogP contribution in [0.2, 0.25) is 0 Å². The number of amides is 1. The molecule has 5 atom stereocenters. The minimum Gasteiger partial charge on any atom is -0.497 e. The van der Waals surface area contributed by atoms with Crippen molar-refractivity contribution >= 4 is 34.2 Å². The Morgan fingerprint density at radius 1 is 1.08 bits per heavy atom. The van der Waals surface area contributed by atoms with E-state index in [1.165, 1.54) is 5.56 Å². The Kier molecular flexibility index (Phi) is 4.45. The summed E-state index contributed by atoms with van der Waals surface area (Å²) in [6, 6.07) is 18.1. The summed E-state index contributed by atoms with van der Waals surface area (Å²) in [7, 11) is 1.64. The number of ether oxygens (including phenoxy) is 2. The molecule has 0 N–H and O–H groups in total. The number of carbonyl (C=O) groups is 1. The van der Waals surface area contributed by atoms with Crippen LogP contribution in [0.3, 0.4) is 0 Å². The van der Waals surface area contributed by atoms with Gasteiger partial charge in [-0.1, -0.05) is 52.9 Å². The summed E-state index contributed by atoms with van der Waals surface area (Å²) in [5, 5.41) is 0. The lowest BCUT2D eigenvalue weighted by Gasteiger charge is -2.56. The molecule has 5 heteroatoms. The summed E-state index contributed by atoms with van der Waals surface area (Å²) in [6.07, 6.45) is -0.0879. The first-order valence-corrected chi connectivity index (χ1v) is 9.68. The molecule has 2 aliphatic heterocycles. The molecule has 2 saturated heterocycles. The number of methoxy groups -OCH3 is 1. The van der Waals surface area contributed by atoms with Gasteiger partial charge in [0.05, 0.1) is 35.2 Å². The lowest BCUT2D eigenvalue weighted by atomic mass is 9.76. The predicted octanol–water partition coefficient (Wildman–Crippen LogP) is 3.99. The van der Waals surface area contributed by atoms with Crippen LogP contribution in [0.25, 0.3) is 0 Å². The number of anilines is 1. The van der Waals surface area contributed by atoms with Gasteiger partial charge in [0.15, 0.2) is 0 Å². The fourth-order valence-corrected chi connectivity index (χ4v) is 5.22. The van der Waals surface area contributed by atoms with Crippen LogP contribution < -0.4 is 9.64 Å². The van der Waals surface area contributed by atoms with E-state index in [1.54, 1.807) is 7.11 Å². The Morgan fingerprint density at radius 3 is 2.40 bits per heavy atom. The van der Waals surface area contributed by atoms with Crippen molar-refractivity contribution in [2.75, 3.05) is 12.0 Å². The molecule has 0 aromatic heterocycles. The van der Waals surface area contributed by atoms with Gasteiger partial charge in [0, 0.05) is 5.69 Å². The van der Waals surface area contributed by atoms with Crippen LogP contribution in [0.4, 0.5) is 5.69 Å². The lowest BCUT2D eigenvalue weighted by molar-refractivity contribution is -0.151. The number of benzene rings is 2. The number of rotatable bonds is 3. The number of alkyl halides is 1. The zero-order valence-electron chi connectivity index (χ0n) is 14.1. The van der Waals surface area contributed by atoms with Crippen molar-refractivity contribution in [3.8, 4) is 5.75 Å². The Bertz CT molecular complexity index is 764.